The molecule has 0 aromatic heterocycles. The summed E-state index contributed by atoms with van der Waals surface area (Å²) in [5.74, 6) is 0.994. The van der Waals surface area contributed by atoms with Crippen molar-refractivity contribution in [2.45, 2.75) is 64.2 Å². The van der Waals surface area contributed by atoms with Gasteiger partial charge >= 0.3 is 0 Å². The Balaban J connectivity index is 1.50. The Labute approximate surface area is 122 Å². The molecule has 20 heavy (non-hydrogen) atoms. The second-order valence-corrected chi connectivity index (χ2v) is 6.93. The number of likely N-dealkylation sites (tertiary alicyclic amines) is 1. The van der Waals surface area contributed by atoms with E-state index in [0.717, 1.165) is 25.0 Å². The summed E-state index contributed by atoms with van der Waals surface area (Å²) in [6, 6.07) is 8.02. The molecule has 1 aromatic rings. The Morgan fingerprint density at radius 1 is 1.00 bits per heavy atom. The molecule has 1 aliphatic carbocycles. The molecule has 1 saturated heterocycles. The molecule has 4 rings (SSSR count). The van der Waals surface area contributed by atoms with Crippen molar-refractivity contribution in [3.63, 3.8) is 0 Å². The highest BCUT2D eigenvalue weighted by Crippen LogP contribution is 2.36. The van der Waals surface area contributed by atoms with E-state index in [1.165, 1.54) is 68.3 Å². The smallest absolute Gasteiger partial charge is 0.0236 e. The van der Waals surface area contributed by atoms with E-state index in [1.807, 2.05) is 0 Å². The molecule has 108 valence electrons. The molecule has 0 radical (unpaired) electrons. The molecule has 1 N–H and O–H groups in total. The van der Waals surface area contributed by atoms with Crippen molar-refractivity contribution in [3.05, 3.63) is 34.9 Å². The molecule has 1 saturated carbocycles. The fourth-order valence-corrected chi connectivity index (χ4v) is 4.61. The van der Waals surface area contributed by atoms with E-state index in [0.29, 0.717) is 0 Å². The summed E-state index contributed by atoms with van der Waals surface area (Å²) in [6.45, 7) is 4.62. The van der Waals surface area contributed by atoms with Crippen LogP contribution in [0.1, 0.15) is 55.2 Å². The van der Waals surface area contributed by atoms with E-state index in [-0.39, 0.29) is 0 Å². The molecule has 0 amide bonds. The summed E-state index contributed by atoms with van der Waals surface area (Å²) >= 11 is 0. The molecule has 2 fully saturated rings. The van der Waals surface area contributed by atoms with Crippen molar-refractivity contribution in [2.75, 3.05) is 6.54 Å². The Bertz CT molecular complexity index is 480. The van der Waals surface area contributed by atoms with E-state index in [9.17, 15) is 0 Å². The Morgan fingerprint density at radius 3 is 2.85 bits per heavy atom. The highest BCUT2D eigenvalue weighted by molar-refractivity contribution is 5.34. The van der Waals surface area contributed by atoms with Gasteiger partial charge in [0.1, 0.15) is 0 Å². The van der Waals surface area contributed by atoms with Crippen LogP contribution >= 0.6 is 0 Å². The molecular formula is C18H26N2. The number of rotatable bonds is 2. The third-order valence-corrected chi connectivity index (χ3v) is 5.65. The van der Waals surface area contributed by atoms with E-state index in [2.05, 4.69) is 28.4 Å². The lowest BCUT2D eigenvalue weighted by molar-refractivity contribution is 0.0547. The standard InChI is InChI=1S/C18H26N2/c1-2-6-18-15(4-1)5-3-9-20(18)13-14-7-8-16-11-19-12-17(16)10-14/h7-8,10,15,18-19H,1-6,9,11-13H2/t15-,18-/m1/s1. The van der Waals surface area contributed by atoms with Crippen molar-refractivity contribution in [3.8, 4) is 0 Å². The van der Waals surface area contributed by atoms with Gasteiger partial charge in [-0.3, -0.25) is 4.90 Å². The minimum absolute atomic E-state index is 0.879. The largest absolute Gasteiger partial charge is 0.309 e. The number of hydrogen-bond donors (Lipinski definition) is 1. The van der Waals surface area contributed by atoms with Crippen LogP contribution in [0.4, 0.5) is 0 Å². The van der Waals surface area contributed by atoms with Crippen molar-refractivity contribution < 1.29 is 0 Å². The van der Waals surface area contributed by atoms with E-state index in [1.54, 1.807) is 0 Å². The zero-order chi connectivity index (χ0) is 13.4. The fourth-order valence-electron chi connectivity index (χ4n) is 4.61. The zero-order valence-electron chi connectivity index (χ0n) is 12.4. The normalized spacial score (nSPS) is 30.0. The highest BCUT2D eigenvalue weighted by Gasteiger charge is 2.32. The SMILES string of the molecule is c1cc2c(cc1CN1CCC[C@H]3CCCC[C@H]31)CNC2. The van der Waals surface area contributed by atoms with Gasteiger partial charge in [0.25, 0.3) is 0 Å². The number of hydrogen-bond acceptors (Lipinski definition) is 2. The van der Waals surface area contributed by atoms with Crippen LogP contribution in [0, 0.1) is 5.92 Å². The highest BCUT2D eigenvalue weighted by atomic mass is 15.2. The van der Waals surface area contributed by atoms with E-state index in [4.69, 9.17) is 0 Å². The van der Waals surface area contributed by atoms with Crippen LogP contribution in [0.5, 0.6) is 0 Å². The average molecular weight is 270 g/mol. The van der Waals surface area contributed by atoms with Gasteiger partial charge in [-0.1, -0.05) is 31.0 Å². The van der Waals surface area contributed by atoms with Gasteiger partial charge in [-0.05, 0) is 54.8 Å². The molecule has 0 unspecified atom stereocenters. The van der Waals surface area contributed by atoms with Crippen LogP contribution in [-0.2, 0) is 19.6 Å². The predicted molar refractivity (Wildman–Crippen MR) is 82.4 cm³/mol. The lowest BCUT2D eigenvalue weighted by atomic mass is 9.78. The summed E-state index contributed by atoms with van der Waals surface area (Å²) in [5.41, 5.74) is 4.56. The summed E-state index contributed by atoms with van der Waals surface area (Å²) in [4.78, 5) is 2.79. The molecule has 2 nitrogen and oxygen atoms in total. The van der Waals surface area contributed by atoms with Crippen LogP contribution in [0.15, 0.2) is 18.2 Å². The van der Waals surface area contributed by atoms with E-state index < -0.39 is 0 Å². The van der Waals surface area contributed by atoms with Crippen molar-refractivity contribution >= 4 is 0 Å². The minimum atomic E-state index is 0.879. The summed E-state index contributed by atoms with van der Waals surface area (Å²) < 4.78 is 0. The number of nitrogens with zero attached hydrogens (tertiary/aromatic N) is 1. The molecule has 1 aromatic carbocycles. The minimum Gasteiger partial charge on any atom is -0.309 e. The maximum Gasteiger partial charge on any atom is 0.0236 e. The van der Waals surface area contributed by atoms with Crippen LogP contribution < -0.4 is 5.32 Å². The second-order valence-electron chi connectivity index (χ2n) is 6.93. The zero-order valence-corrected chi connectivity index (χ0v) is 12.4. The van der Waals surface area contributed by atoms with Crippen molar-refractivity contribution in [2.24, 2.45) is 5.92 Å². The van der Waals surface area contributed by atoms with E-state index >= 15 is 0 Å². The summed E-state index contributed by atoms with van der Waals surface area (Å²) in [7, 11) is 0. The predicted octanol–water partition coefficient (Wildman–Crippen LogP) is 3.44. The Kier molecular flexibility index (Phi) is 3.53. The topological polar surface area (TPSA) is 15.3 Å². The maximum atomic E-state index is 3.45. The van der Waals surface area contributed by atoms with Gasteiger partial charge in [0.15, 0.2) is 0 Å². The molecule has 0 bridgehead atoms. The molecule has 2 heterocycles. The first kappa shape index (κ1) is 12.8. The fraction of sp³-hybridized carbons (Fsp3) is 0.667. The number of fused-ring (bicyclic) bond motifs is 2. The first-order valence-corrected chi connectivity index (χ1v) is 8.45. The van der Waals surface area contributed by atoms with Gasteiger partial charge < -0.3 is 5.32 Å². The van der Waals surface area contributed by atoms with Crippen molar-refractivity contribution in [1.82, 2.24) is 10.2 Å². The molecule has 3 aliphatic rings. The van der Waals surface area contributed by atoms with Crippen LogP contribution in [0.25, 0.3) is 0 Å². The van der Waals surface area contributed by atoms with Gasteiger partial charge in [0, 0.05) is 25.7 Å². The van der Waals surface area contributed by atoms with Gasteiger partial charge in [-0.25, -0.2) is 0 Å². The Hall–Kier alpha value is -0.860. The first-order chi connectivity index (χ1) is 9.90. The lowest BCUT2D eigenvalue weighted by Crippen LogP contribution is -2.46. The maximum absolute atomic E-state index is 3.45. The average Bonchev–Trinajstić information content (AvgIpc) is 2.95. The van der Waals surface area contributed by atoms with Gasteiger partial charge in [-0.2, -0.15) is 0 Å². The quantitative estimate of drug-likeness (QED) is 0.885. The lowest BCUT2D eigenvalue weighted by Gasteiger charge is -2.44. The van der Waals surface area contributed by atoms with Crippen LogP contribution in [-0.4, -0.2) is 17.5 Å². The van der Waals surface area contributed by atoms with Gasteiger partial charge in [0.2, 0.25) is 0 Å². The van der Waals surface area contributed by atoms with Gasteiger partial charge in [-0.15, -0.1) is 0 Å². The van der Waals surface area contributed by atoms with Crippen LogP contribution in [0.2, 0.25) is 0 Å². The first-order valence-electron chi connectivity index (χ1n) is 8.45. The monoisotopic (exact) mass is 270 g/mol. The third-order valence-electron chi connectivity index (χ3n) is 5.65. The van der Waals surface area contributed by atoms with Gasteiger partial charge in [0.05, 0.1) is 0 Å². The molecular weight excluding hydrogens is 244 g/mol. The van der Waals surface area contributed by atoms with Crippen LogP contribution in [0.3, 0.4) is 0 Å². The molecule has 2 atom stereocenters. The number of nitrogens with one attached hydrogen (secondary N) is 1. The summed E-state index contributed by atoms with van der Waals surface area (Å²) in [6.07, 6.45) is 8.74. The third kappa shape index (κ3) is 2.40. The Morgan fingerprint density at radius 2 is 1.85 bits per heavy atom. The molecule has 0 spiro atoms. The number of piperidine rings is 1. The second kappa shape index (κ2) is 5.50. The van der Waals surface area contributed by atoms with Crippen molar-refractivity contribution in [1.29, 1.82) is 0 Å². The molecule has 2 aliphatic heterocycles. The molecule has 2 heteroatoms. The summed E-state index contributed by atoms with van der Waals surface area (Å²) in [5, 5.41) is 3.45. The number of benzene rings is 1.